The molecule has 26 heavy (non-hydrogen) atoms. The second kappa shape index (κ2) is 6.90. The number of nitrogens with two attached hydrogens (primary N) is 1. The van der Waals surface area contributed by atoms with Crippen LogP contribution in [0.3, 0.4) is 0 Å². The van der Waals surface area contributed by atoms with Gasteiger partial charge in [-0.1, -0.05) is 25.0 Å². The van der Waals surface area contributed by atoms with Crippen LogP contribution in [0.4, 0.5) is 5.69 Å². The maximum atomic E-state index is 12.5. The van der Waals surface area contributed by atoms with E-state index < -0.39 is 0 Å². The molecule has 1 amide bonds. The van der Waals surface area contributed by atoms with Crippen molar-refractivity contribution in [2.75, 3.05) is 25.5 Å². The van der Waals surface area contributed by atoms with Crippen molar-refractivity contribution in [3.8, 4) is 11.5 Å². The van der Waals surface area contributed by atoms with Gasteiger partial charge in [-0.05, 0) is 48.7 Å². The molecule has 1 aliphatic heterocycles. The summed E-state index contributed by atoms with van der Waals surface area (Å²) in [4.78, 5) is 12.5. The molecule has 2 aromatic rings. The third-order valence-electron chi connectivity index (χ3n) is 5.45. The maximum absolute atomic E-state index is 12.5. The zero-order chi connectivity index (χ0) is 18.0. The van der Waals surface area contributed by atoms with Crippen LogP contribution in [0.15, 0.2) is 42.5 Å². The van der Waals surface area contributed by atoms with Crippen molar-refractivity contribution in [2.24, 2.45) is 0 Å². The Morgan fingerprint density at radius 2 is 1.81 bits per heavy atom. The number of carbonyl (C=O) groups excluding carboxylic acids is 1. The molecule has 1 heterocycles. The van der Waals surface area contributed by atoms with Gasteiger partial charge in [-0.2, -0.15) is 0 Å². The number of benzene rings is 2. The summed E-state index contributed by atoms with van der Waals surface area (Å²) < 4.78 is 11.4. The molecular weight excluding hydrogens is 328 g/mol. The van der Waals surface area contributed by atoms with Gasteiger partial charge in [0.05, 0.1) is 0 Å². The van der Waals surface area contributed by atoms with E-state index in [4.69, 9.17) is 15.2 Å². The largest absolute Gasteiger partial charge is 0.486 e. The van der Waals surface area contributed by atoms with Gasteiger partial charge in [-0.3, -0.25) is 4.79 Å². The lowest BCUT2D eigenvalue weighted by atomic mass is 9.78. The Bertz CT molecular complexity index is 813. The van der Waals surface area contributed by atoms with Gasteiger partial charge in [0.15, 0.2) is 11.5 Å². The number of anilines is 1. The van der Waals surface area contributed by atoms with Gasteiger partial charge in [-0.15, -0.1) is 0 Å². The van der Waals surface area contributed by atoms with Gasteiger partial charge >= 0.3 is 0 Å². The Morgan fingerprint density at radius 1 is 1.04 bits per heavy atom. The minimum Gasteiger partial charge on any atom is -0.486 e. The summed E-state index contributed by atoms with van der Waals surface area (Å²) in [7, 11) is 0. The Kier molecular flexibility index (Phi) is 4.45. The first-order chi connectivity index (χ1) is 12.7. The second-order valence-electron chi connectivity index (χ2n) is 7.15. The van der Waals surface area contributed by atoms with E-state index in [0.29, 0.717) is 31.0 Å². The number of carbonyl (C=O) groups is 1. The second-order valence-corrected chi connectivity index (χ2v) is 7.15. The molecule has 0 unspecified atom stereocenters. The summed E-state index contributed by atoms with van der Waals surface area (Å²) in [5.41, 5.74) is 8.15. The van der Waals surface area contributed by atoms with Crippen LogP contribution in [-0.2, 0) is 5.41 Å². The number of ether oxygens (including phenoxy) is 2. The highest BCUT2D eigenvalue weighted by Crippen LogP contribution is 2.43. The van der Waals surface area contributed by atoms with E-state index in [2.05, 4.69) is 17.4 Å². The van der Waals surface area contributed by atoms with Crippen molar-refractivity contribution in [3.05, 3.63) is 53.6 Å². The molecule has 1 saturated carbocycles. The van der Waals surface area contributed by atoms with Crippen molar-refractivity contribution in [1.82, 2.24) is 5.32 Å². The molecule has 2 aliphatic rings. The fourth-order valence-corrected chi connectivity index (χ4v) is 4.02. The number of amides is 1. The normalized spacial score (nSPS) is 17.7. The van der Waals surface area contributed by atoms with Crippen molar-refractivity contribution < 1.29 is 14.3 Å². The van der Waals surface area contributed by atoms with E-state index in [1.807, 2.05) is 6.07 Å². The quantitative estimate of drug-likeness (QED) is 0.828. The van der Waals surface area contributed by atoms with E-state index in [1.165, 1.54) is 18.4 Å². The monoisotopic (exact) mass is 352 g/mol. The molecule has 0 saturated heterocycles. The van der Waals surface area contributed by atoms with Crippen LogP contribution in [0.1, 0.15) is 41.6 Å². The zero-order valence-electron chi connectivity index (χ0n) is 14.8. The van der Waals surface area contributed by atoms with Crippen LogP contribution in [0.5, 0.6) is 11.5 Å². The van der Waals surface area contributed by atoms with Crippen molar-refractivity contribution >= 4 is 11.6 Å². The average Bonchev–Trinajstić information content (AvgIpc) is 3.16. The SMILES string of the molecule is Nc1cccc(C(=O)NCC2(c3ccc4c(c3)OCCO4)CCCC2)c1. The number of nitrogen functional groups attached to an aromatic ring is 1. The summed E-state index contributed by atoms with van der Waals surface area (Å²) >= 11 is 0. The fraction of sp³-hybridized carbons (Fsp3) is 0.381. The van der Waals surface area contributed by atoms with E-state index in [9.17, 15) is 4.79 Å². The van der Waals surface area contributed by atoms with Crippen LogP contribution in [0.25, 0.3) is 0 Å². The molecule has 0 spiro atoms. The summed E-state index contributed by atoms with van der Waals surface area (Å²) in [5.74, 6) is 1.53. The minimum atomic E-state index is -0.0823. The van der Waals surface area contributed by atoms with Gasteiger partial charge in [0.2, 0.25) is 0 Å². The van der Waals surface area contributed by atoms with E-state index >= 15 is 0 Å². The molecule has 1 aliphatic carbocycles. The minimum absolute atomic E-state index is 0.0498. The molecule has 0 radical (unpaired) electrons. The molecule has 5 nitrogen and oxygen atoms in total. The summed E-state index contributed by atoms with van der Waals surface area (Å²) in [6, 6.07) is 13.3. The highest BCUT2D eigenvalue weighted by Gasteiger charge is 2.36. The van der Waals surface area contributed by atoms with Crippen LogP contribution < -0.4 is 20.5 Å². The number of hydrogen-bond donors (Lipinski definition) is 2. The summed E-state index contributed by atoms with van der Waals surface area (Å²) in [6.45, 7) is 1.78. The standard InChI is InChI=1S/C21H24N2O3/c22-17-5-3-4-15(12-17)20(24)23-14-21(8-1-2-9-21)16-6-7-18-19(13-16)26-11-10-25-18/h3-7,12-13H,1-2,8-11,14,22H2,(H,23,24). The lowest BCUT2D eigenvalue weighted by molar-refractivity contribution is 0.0943. The van der Waals surface area contributed by atoms with Gasteiger partial charge in [0, 0.05) is 23.2 Å². The molecule has 0 aromatic heterocycles. The fourth-order valence-electron chi connectivity index (χ4n) is 4.02. The highest BCUT2D eigenvalue weighted by molar-refractivity contribution is 5.95. The number of rotatable bonds is 4. The predicted molar refractivity (Wildman–Crippen MR) is 101 cm³/mol. The Morgan fingerprint density at radius 3 is 2.58 bits per heavy atom. The van der Waals surface area contributed by atoms with Gasteiger partial charge < -0.3 is 20.5 Å². The summed E-state index contributed by atoms with van der Waals surface area (Å²) in [5, 5.41) is 3.12. The predicted octanol–water partition coefficient (Wildman–Crippen LogP) is 3.28. The summed E-state index contributed by atoms with van der Waals surface area (Å²) in [6.07, 6.45) is 4.46. The smallest absolute Gasteiger partial charge is 0.251 e. The number of hydrogen-bond acceptors (Lipinski definition) is 4. The number of fused-ring (bicyclic) bond motifs is 1. The Balaban J connectivity index is 1.54. The van der Waals surface area contributed by atoms with Gasteiger partial charge in [0.25, 0.3) is 5.91 Å². The third-order valence-corrected chi connectivity index (χ3v) is 5.45. The number of nitrogens with one attached hydrogen (secondary N) is 1. The van der Waals surface area contributed by atoms with Crippen molar-refractivity contribution in [1.29, 1.82) is 0 Å². The van der Waals surface area contributed by atoms with Gasteiger partial charge in [0.1, 0.15) is 13.2 Å². The van der Waals surface area contributed by atoms with Crippen LogP contribution in [0.2, 0.25) is 0 Å². The first-order valence-electron chi connectivity index (χ1n) is 9.20. The van der Waals surface area contributed by atoms with E-state index in [-0.39, 0.29) is 11.3 Å². The lowest BCUT2D eigenvalue weighted by Gasteiger charge is -2.31. The molecule has 2 aromatic carbocycles. The van der Waals surface area contributed by atoms with Crippen molar-refractivity contribution in [3.63, 3.8) is 0 Å². The molecule has 5 heteroatoms. The van der Waals surface area contributed by atoms with E-state index in [1.54, 1.807) is 24.3 Å². The van der Waals surface area contributed by atoms with Gasteiger partial charge in [-0.25, -0.2) is 0 Å². The zero-order valence-corrected chi connectivity index (χ0v) is 14.8. The molecule has 136 valence electrons. The van der Waals surface area contributed by atoms with Crippen LogP contribution in [-0.4, -0.2) is 25.7 Å². The van der Waals surface area contributed by atoms with Crippen LogP contribution in [0, 0.1) is 0 Å². The molecule has 3 N–H and O–H groups in total. The molecular formula is C21H24N2O3. The average molecular weight is 352 g/mol. The molecule has 1 fully saturated rings. The van der Waals surface area contributed by atoms with Crippen molar-refractivity contribution in [2.45, 2.75) is 31.1 Å². The first kappa shape index (κ1) is 16.8. The molecule has 4 rings (SSSR count). The third kappa shape index (κ3) is 3.21. The molecule has 0 atom stereocenters. The Labute approximate surface area is 153 Å². The highest BCUT2D eigenvalue weighted by atomic mass is 16.6. The molecule has 0 bridgehead atoms. The first-order valence-corrected chi connectivity index (χ1v) is 9.20. The topological polar surface area (TPSA) is 73.6 Å². The maximum Gasteiger partial charge on any atom is 0.251 e. The van der Waals surface area contributed by atoms with E-state index in [0.717, 1.165) is 24.3 Å². The lowest BCUT2D eigenvalue weighted by Crippen LogP contribution is -2.39. The van der Waals surface area contributed by atoms with Crippen LogP contribution >= 0.6 is 0 Å². The Hall–Kier alpha value is -2.69.